The number of hydrogen-bond acceptors (Lipinski definition) is 7. The highest BCUT2D eigenvalue weighted by Crippen LogP contribution is 2.30. The van der Waals surface area contributed by atoms with Crippen LogP contribution >= 0.6 is 0 Å². The van der Waals surface area contributed by atoms with E-state index in [0.29, 0.717) is 30.2 Å². The molecule has 0 spiro atoms. The van der Waals surface area contributed by atoms with E-state index >= 15 is 0 Å². The van der Waals surface area contributed by atoms with E-state index < -0.39 is 0 Å². The van der Waals surface area contributed by atoms with Crippen LogP contribution in [0.1, 0.15) is 31.2 Å². The molecule has 1 aliphatic rings. The summed E-state index contributed by atoms with van der Waals surface area (Å²) in [6, 6.07) is 7.93. The van der Waals surface area contributed by atoms with E-state index in [1.165, 1.54) is 12.8 Å². The van der Waals surface area contributed by atoms with Crippen molar-refractivity contribution in [3.05, 3.63) is 36.0 Å². The van der Waals surface area contributed by atoms with Crippen molar-refractivity contribution in [1.82, 2.24) is 15.3 Å². The molecule has 0 aliphatic heterocycles. The van der Waals surface area contributed by atoms with Gasteiger partial charge >= 0.3 is 0 Å². The third-order valence-electron chi connectivity index (χ3n) is 5.33. The molecule has 1 aliphatic carbocycles. The summed E-state index contributed by atoms with van der Waals surface area (Å²) in [5.74, 6) is 3.02. The molecule has 1 heterocycles. The molecule has 0 radical (unpaired) electrons. The molecule has 2 aromatic rings. The number of aromatic hydroxyl groups is 1. The quantitative estimate of drug-likeness (QED) is 0.644. The molecule has 0 bridgehead atoms. The monoisotopic (exact) mass is 385 g/mol. The van der Waals surface area contributed by atoms with E-state index in [4.69, 9.17) is 4.74 Å². The summed E-state index contributed by atoms with van der Waals surface area (Å²) in [6.45, 7) is 1.60. The zero-order chi connectivity index (χ0) is 19.9. The largest absolute Gasteiger partial charge is 0.504 e. The number of para-hydroxylation sites is 1. The minimum absolute atomic E-state index is 0.227. The Hall–Kier alpha value is -2.54. The van der Waals surface area contributed by atoms with E-state index in [0.717, 1.165) is 30.8 Å². The summed E-state index contributed by atoms with van der Waals surface area (Å²) < 4.78 is 5.17. The number of benzene rings is 1. The number of ether oxygens (including phenoxy) is 1. The van der Waals surface area contributed by atoms with Gasteiger partial charge < -0.3 is 25.4 Å². The van der Waals surface area contributed by atoms with Crippen molar-refractivity contribution in [1.29, 1.82) is 0 Å². The maximum absolute atomic E-state index is 10.2. The number of rotatable bonds is 8. The Balaban J connectivity index is 1.42. The zero-order valence-electron chi connectivity index (χ0n) is 17.0. The van der Waals surface area contributed by atoms with Crippen LogP contribution in [-0.4, -0.2) is 48.9 Å². The molecule has 0 unspecified atom stereocenters. The van der Waals surface area contributed by atoms with Crippen LogP contribution in [0.15, 0.2) is 30.5 Å². The maximum Gasteiger partial charge on any atom is 0.224 e. The van der Waals surface area contributed by atoms with Gasteiger partial charge in [0.05, 0.1) is 7.11 Å². The van der Waals surface area contributed by atoms with E-state index in [1.807, 2.05) is 37.2 Å². The van der Waals surface area contributed by atoms with Crippen LogP contribution in [0, 0.1) is 5.92 Å². The lowest BCUT2D eigenvalue weighted by atomic mass is 9.86. The second-order valence-electron chi connectivity index (χ2n) is 7.59. The molecule has 1 aromatic carbocycles. The lowest BCUT2D eigenvalue weighted by Crippen LogP contribution is -2.31. The summed E-state index contributed by atoms with van der Waals surface area (Å²) in [5.41, 5.74) is 0.868. The molecule has 1 saturated carbocycles. The Morgan fingerprint density at radius 2 is 1.96 bits per heavy atom. The number of aromatic nitrogens is 2. The standard InChI is InChI=1S/C21H31N5O2/c1-26(2)19-11-12-23-21(25-19)24-17-9-7-15(8-10-17)13-22-14-16-5-4-6-18(28-3)20(16)27/h4-6,11-12,15,17,22,27H,7-10,13-14H2,1-3H3,(H,23,24,25). The second-order valence-corrected chi connectivity index (χ2v) is 7.59. The van der Waals surface area contributed by atoms with Crippen LogP contribution in [0.5, 0.6) is 11.5 Å². The summed E-state index contributed by atoms with van der Waals surface area (Å²) >= 11 is 0. The minimum Gasteiger partial charge on any atom is -0.504 e. The van der Waals surface area contributed by atoms with Gasteiger partial charge in [0.2, 0.25) is 5.95 Å². The summed E-state index contributed by atoms with van der Waals surface area (Å²) in [7, 11) is 5.53. The van der Waals surface area contributed by atoms with Gasteiger partial charge in [-0.05, 0) is 50.3 Å². The molecule has 0 amide bonds. The fraction of sp³-hybridized carbons (Fsp3) is 0.524. The molecular formula is C21H31N5O2. The van der Waals surface area contributed by atoms with Crippen LogP contribution in [0.25, 0.3) is 0 Å². The number of phenolic OH excluding ortho intramolecular Hbond substituents is 1. The smallest absolute Gasteiger partial charge is 0.224 e. The van der Waals surface area contributed by atoms with Crippen molar-refractivity contribution < 1.29 is 9.84 Å². The van der Waals surface area contributed by atoms with Crippen LogP contribution < -0.4 is 20.3 Å². The zero-order valence-corrected chi connectivity index (χ0v) is 17.0. The lowest BCUT2D eigenvalue weighted by molar-refractivity contribution is 0.322. The predicted molar refractivity (Wildman–Crippen MR) is 112 cm³/mol. The van der Waals surface area contributed by atoms with Crippen LogP contribution in [0.3, 0.4) is 0 Å². The molecule has 1 aromatic heterocycles. The second kappa shape index (κ2) is 9.59. The van der Waals surface area contributed by atoms with Crippen molar-refractivity contribution in [3.63, 3.8) is 0 Å². The molecular weight excluding hydrogens is 354 g/mol. The van der Waals surface area contributed by atoms with Crippen molar-refractivity contribution in [2.24, 2.45) is 5.92 Å². The fourth-order valence-electron chi connectivity index (χ4n) is 3.65. The van der Waals surface area contributed by atoms with Gasteiger partial charge in [-0.25, -0.2) is 4.98 Å². The Morgan fingerprint density at radius 1 is 1.18 bits per heavy atom. The third kappa shape index (κ3) is 5.25. The van der Waals surface area contributed by atoms with Crippen LogP contribution in [-0.2, 0) is 6.54 Å². The van der Waals surface area contributed by atoms with E-state index in [9.17, 15) is 5.11 Å². The Morgan fingerprint density at radius 3 is 2.68 bits per heavy atom. The molecule has 1 fully saturated rings. The van der Waals surface area contributed by atoms with E-state index in [-0.39, 0.29) is 5.75 Å². The molecule has 0 atom stereocenters. The number of nitrogens with zero attached hydrogens (tertiary/aromatic N) is 3. The Bertz CT molecular complexity index is 760. The van der Waals surface area contributed by atoms with Crippen molar-refractivity contribution in [3.8, 4) is 11.5 Å². The van der Waals surface area contributed by atoms with Crippen LogP contribution in [0.2, 0.25) is 0 Å². The highest BCUT2D eigenvalue weighted by molar-refractivity contribution is 5.45. The summed E-state index contributed by atoms with van der Waals surface area (Å²) in [6.07, 6.45) is 6.37. The van der Waals surface area contributed by atoms with Gasteiger partial charge in [-0.2, -0.15) is 4.98 Å². The minimum atomic E-state index is 0.227. The molecule has 28 heavy (non-hydrogen) atoms. The molecule has 3 rings (SSSR count). The van der Waals surface area contributed by atoms with Gasteiger partial charge in [0.25, 0.3) is 0 Å². The first-order chi connectivity index (χ1) is 13.6. The number of anilines is 2. The fourth-order valence-corrected chi connectivity index (χ4v) is 3.65. The van der Waals surface area contributed by atoms with Gasteiger partial charge in [-0.1, -0.05) is 12.1 Å². The number of phenols is 1. The van der Waals surface area contributed by atoms with Gasteiger partial charge in [0.1, 0.15) is 5.82 Å². The normalized spacial score (nSPS) is 19.2. The Labute approximate surface area is 167 Å². The van der Waals surface area contributed by atoms with Gasteiger partial charge in [0, 0.05) is 38.4 Å². The molecule has 3 N–H and O–H groups in total. The first-order valence-electron chi connectivity index (χ1n) is 9.89. The highest BCUT2D eigenvalue weighted by atomic mass is 16.5. The van der Waals surface area contributed by atoms with Crippen molar-refractivity contribution in [2.45, 2.75) is 38.3 Å². The van der Waals surface area contributed by atoms with E-state index in [2.05, 4.69) is 20.6 Å². The topological polar surface area (TPSA) is 82.5 Å². The summed E-state index contributed by atoms with van der Waals surface area (Å²) in [4.78, 5) is 10.9. The third-order valence-corrected chi connectivity index (χ3v) is 5.33. The average Bonchev–Trinajstić information content (AvgIpc) is 2.71. The van der Waals surface area contributed by atoms with Crippen molar-refractivity contribution >= 4 is 11.8 Å². The predicted octanol–water partition coefficient (Wildman–Crippen LogP) is 3.02. The first-order valence-corrected chi connectivity index (χ1v) is 9.89. The van der Waals surface area contributed by atoms with Crippen molar-refractivity contribution in [2.75, 3.05) is 38.0 Å². The molecule has 0 saturated heterocycles. The van der Waals surface area contributed by atoms with Crippen LogP contribution in [0.4, 0.5) is 11.8 Å². The molecule has 7 heteroatoms. The summed E-state index contributed by atoms with van der Waals surface area (Å²) in [5, 5.41) is 17.1. The van der Waals surface area contributed by atoms with Gasteiger partial charge in [0.15, 0.2) is 11.5 Å². The van der Waals surface area contributed by atoms with E-state index in [1.54, 1.807) is 19.4 Å². The molecule has 152 valence electrons. The molecule has 7 nitrogen and oxygen atoms in total. The number of methoxy groups -OCH3 is 1. The van der Waals surface area contributed by atoms with Gasteiger partial charge in [-0.3, -0.25) is 0 Å². The SMILES string of the molecule is COc1cccc(CNCC2CCC(Nc3nccc(N(C)C)n3)CC2)c1O. The maximum atomic E-state index is 10.2. The Kier molecular flexibility index (Phi) is 6.92. The lowest BCUT2D eigenvalue weighted by Gasteiger charge is -2.29. The number of nitrogens with one attached hydrogen (secondary N) is 2. The highest BCUT2D eigenvalue weighted by Gasteiger charge is 2.21. The van der Waals surface area contributed by atoms with Gasteiger partial charge in [-0.15, -0.1) is 0 Å². The average molecular weight is 386 g/mol. The number of hydrogen-bond donors (Lipinski definition) is 3. The first kappa shape index (κ1) is 20.2.